The Bertz CT molecular complexity index is 1970. The minimum Gasteiger partial charge on any atom is -0.497 e. The van der Waals surface area contributed by atoms with Crippen LogP contribution in [-0.2, 0) is 4.79 Å². The first-order chi connectivity index (χ1) is 23.9. The molecule has 14 heteroatoms. The number of ether oxygens (including phenoxy) is 4. The van der Waals surface area contributed by atoms with Crippen molar-refractivity contribution in [3.63, 3.8) is 0 Å². The van der Waals surface area contributed by atoms with Crippen LogP contribution >= 0.6 is 11.6 Å². The number of aliphatic imine (C=N–C) groups is 1. The molecule has 0 fully saturated rings. The van der Waals surface area contributed by atoms with Crippen LogP contribution in [0.25, 0.3) is 6.08 Å². The van der Waals surface area contributed by atoms with E-state index in [1.165, 1.54) is 5.01 Å². The number of aromatic nitrogens is 3. The maximum absolute atomic E-state index is 13.9. The number of carbonyl (C=O) groups excluding carboxylic acids is 1. The molecule has 1 aliphatic rings. The minimum absolute atomic E-state index is 0.0217. The molecule has 3 N–H and O–H groups in total. The van der Waals surface area contributed by atoms with Gasteiger partial charge in [0.2, 0.25) is 17.8 Å². The van der Waals surface area contributed by atoms with E-state index in [9.17, 15) is 4.79 Å². The Morgan fingerprint density at radius 2 is 1.22 bits per heavy atom. The monoisotopic (exact) mass is 678 g/mol. The highest BCUT2D eigenvalue weighted by Crippen LogP contribution is 2.34. The number of hydrogen-bond acceptors (Lipinski definition) is 12. The molecule has 0 aliphatic carbocycles. The van der Waals surface area contributed by atoms with Crippen molar-refractivity contribution >= 4 is 58.6 Å². The molecular weight excluding hydrogens is 648 g/mol. The van der Waals surface area contributed by atoms with E-state index in [1.54, 1.807) is 95.2 Å². The molecule has 0 spiro atoms. The van der Waals surface area contributed by atoms with Crippen LogP contribution in [0.1, 0.15) is 11.1 Å². The highest BCUT2D eigenvalue weighted by atomic mass is 35.5. The number of benzene rings is 4. The van der Waals surface area contributed by atoms with Crippen LogP contribution in [-0.4, -0.2) is 60.1 Å². The first-order valence-electron chi connectivity index (χ1n) is 14.8. The molecule has 4 aromatic carbocycles. The molecule has 0 radical (unpaired) electrons. The van der Waals surface area contributed by atoms with Crippen molar-refractivity contribution in [3.05, 3.63) is 113 Å². The van der Waals surface area contributed by atoms with Gasteiger partial charge in [0, 0.05) is 22.7 Å². The lowest BCUT2D eigenvalue weighted by Crippen LogP contribution is -2.38. The van der Waals surface area contributed by atoms with Gasteiger partial charge in [-0.25, -0.2) is 4.99 Å². The number of halogens is 1. The largest absolute Gasteiger partial charge is 0.497 e. The topological polar surface area (TPSA) is 144 Å². The van der Waals surface area contributed by atoms with Gasteiger partial charge in [0.15, 0.2) is 5.84 Å². The second-order valence-electron chi connectivity index (χ2n) is 10.3. The van der Waals surface area contributed by atoms with Crippen LogP contribution in [0, 0.1) is 0 Å². The molecule has 5 aromatic rings. The first kappa shape index (κ1) is 32.6. The quantitative estimate of drug-likeness (QED) is 0.121. The van der Waals surface area contributed by atoms with Crippen molar-refractivity contribution < 1.29 is 23.7 Å². The Morgan fingerprint density at radius 3 is 1.76 bits per heavy atom. The molecule has 1 amide bonds. The molecule has 49 heavy (non-hydrogen) atoms. The van der Waals surface area contributed by atoms with E-state index in [4.69, 9.17) is 35.5 Å². The standard InChI is InChI=1S/C35H31ClN8O5/c1-46-24-14-16-29(48-3)26(19-24)38-33-40-34(39-27-20-25(47-2)15-17-30(27)49-4)42-35(41-33)43-44-31(22-8-6-5-7-9-22)37-28(32(44)45)18-21-10-12-23(36)13-11-21/h5-20H,1-4H3,(H3,38,39,40,41,42,43)/b28-18+. The number of amides is 1. The number of amidine groups is 1. The second kappa shape index (κ2) is 14.6. The van der Waals surface area contributed by atoms with E-state index >= 15 is 0 Å². The molecule has 13 nitrogen and oxygen atoms in total. The predicted octanol–water partition coefficient (Wildman–Crippen LogP) is 6.70. The summed E-state index contributed by atoms with van der Waals surface area (Å²) in [7, 11) is 6.23. The van der Waals surface area contributed by atoms with Gasteiger partial charge in [0.05, 0.1) is 39.8 Å². The number of rotatable bonds is 12. The summed E-state index contributed by atoms with van der Waals surface area (Å²) in [6.45, 7) is 0. The van der Waals surface area contributed by atoms with E-state index in [2.05, 4.69) is 31.0 Å². The summed E-state index contributed by atoms with van der Waals surface area (Å²) < 4.78 is 21.9. The summed E-state index contributed by atoms with van der Waals surface area (Å²) >= 11 is 6.08. The van der Waals surface area contributed by atoms with E-state index in [1.807, 2.05) is 30.3 Å². The average Bonchev–Trinajstić information content (AvgIpc) is 3.42. The zero-order valence-corrected chi connectivity index (χ0v) is 27.6. The molecule has 0 unspecified atom stereocenters. The molecule has 0 saturated carbocycles. The van der Waals surface area contributed by atoms with E-state index < -0.39 is 5.91 Å². The SMILES string of the molecule is COc1ccc(OC)c(Nc2nc(Nc3cc(OC)ccc3OC)nc(NN3C(=O)/C(=C\c4ccc(Cl)cc4)N=C3c3ccccc3)n2)c1. The fraction of sp³-hybridized carbons (Fsp3) is 0.114. The van der Waals surface area contributed by atoms with Gasteiger partial charge in [-0.3, -0.25) is 10.2 Å². The zero-order chi connectivity index (χ0) is 34.3. The predicted molar refractivity (Wildman–Crippen MR) is 188 cm³/mol. The number of hydrogen-bond donors (Lipinski definition) is 3. The third-order valence-electron chi connectivity index (χ3n) is 7.22. The molecule has 0 saturated heterocycles. The summed E-state index contributed by atoms with van der Waals surface area (Å²) in [5, 5.41) is 8.24. The molecule has 0 bridgehead atoms. The van der Waals surface area contributed by atoms with Crippen molar-refractivity contribution in [1.29, 1.82) is 0 Å². The fourth-order valence-corrected chi connectivity index (χ4v) is 4.95. The van der Waals surface area contributed by atoms with Crippen LogP contribution in [0.15, 0.2) is 102 Å². The van der Waals surface area contributed by atoms with Crippen LogP contribution in [0.3, 0.4) is 0 Å². The third kappa shape index (κ3) is 7.47. The van der Waals surface area contributed by atoms with E-state index in [0.717, 1.165) is 5.56 Å². The van der Waals surface area contributed by atoms with Gasteiger partial charge in [-0.2, -0.15) is 20.0 Å². The van der Waals surface area contributed by atoms with Crippen molar-refractivity contribution in [2.45, 2.75) is 0 Å². The van der Waals surface area contributed by atoms with Gasteiger partial charge in [0.25, 0.3) is 5.91 Å². The maximum Gasteiger partial charge on any atom is 0.297 e. The van der Waals surface area contributed by atoms with Crippen LogP contribution < -0.4 is 35.0 Å². The molecule has 2 heterocycles. The van der Waals surface area contributed by atoms with Crippen LogP contribution in [0.2, 0.25) is 5.02 Å². The summed E-state index contributed by atoms with van der Waals surface area (Å²) in [5.74, 6) is 2.39. The third-order valence-corrected chi connectivity index (χ3v) is 7.47. The molecule has 248 valence electrons. The summed E-state index contributed by atoms with van der Waals surface area (Å²) in [5.41, 5.74) is 5.75. The van der Waals surface area contributed by atoms with Crippen molar-refractivity contribution in [2.75, 3.05) is 44.5 Å². The van der Waals surface area contributed by atoms with Crippen molar-refractivity contribution in [2.24, 2.45) is 4.99 Å². The normalized spacial score (nSPS) is 13.2. The average molecular weight is 679 g/mol. The molecule has 1 aliphatic heterocycles. The minimum atomic E-state index is -0.429. The Labute approximate surface area is 287 Å². The Kier molecular flexibility index (Phi) is 9.72. The number of nitrogens with one attached hydrogen (secondary N) is 3. The Morgan fingerprint density at radius 1 is 0.673 bits per heavy atom. The van der Waals surface area contributed by atoms with E-state index in [-0.39, 0.29) is 23.5 Å². The number of methoxy groups -OCH3 is 4. The van der Waals surface area contributed by atoms with Gasteiger partial charge >= 0.3 is 0 Å². The first-order valence-corrected chi connectivity index (χ1v) is 15.2. The Hall–Kier alpha value is -6.34. The van der Waals surface area contributed by atoms with Crippen molar-refractivity contribution in [1.82, 2.24) is 20.0 Å². The number of hydrazine groups is 1. The molecule has 6 rings (SSSR count). The van der Waals surface area contributed by atoms with Gasteiger partial charge in [-0.15, -0.1) is 0 Å². The number of nitrogens with zero attached hydrogens (tertiary/aromatic N) is 5. The fourth-order valence-electron chi connectivity index (χ4n) is 4.82. The van der Waals surface area contributed by atoms with Crippen LogP contribution in [0.4, 0.5) is 29.2 Å². The number of carbonyl (C=O) groups is 1. The molecular formula is C35H31ClN8O5. The summed E-state index contributed by atoms with van der Waals surface area (Å²) in [6.07, 6.45) is 1.68. The van der Waals surface area contributed by atoms with Gasteiger partial charge < -0.3 is 29.6 Å². The highest BCUT2D eigenvalue weighted by Gasteiger charge is 2.32. The second-order valence-corrected chi connectivity index (χ2v) is 10.8. The summed E-state index contributed by atoms with van der Waals surface area (Å²) in [4.78, 5) is 32.4. The molecule has 1 aromatic heterocycles. The van der Waals surface area contributed by atoms with Crippen molar-refractivity contribution in [3.8, 4) is 23.0 Å². The lowest BCUT2D eigenvalue weighted by molar-refractivity contribution is -0.121. The highest BCUT2D eigenvalue weighted by molar-refractivity contribution is 6.30. The van der Waals surface area contributed by atoms with Crippen LogP contribution in [0.5, 0.6) is 23.0 Å². The van der Waals surface area contributed by atoms with Gasteiger partial charge in [0.1, 0.15) is 28.7 Å². The van der Waals surface area contributed by atoms with Gasteiger partial charge in [-0.05, 0) is 48.0 Å². The Balaban J connectivity index is 1.41. The lowest BCUT2D eigenvalue weighted by Gasteiger charge is -2.20. The van der Waals surface area contributed by atoms with E-state index in [0.29, 0.717) is 50.8 Å². The molecule has 0 atom stereocenters. The number of anilines is 5. The lowest BCUT2D eigenvalue weighted by atomic mass is 10.2. The van der Waals surface area contributed by atoms with Gasteiger partial charge in [-0.1, -0.05) is 54.1 Å². The maximum atomic E-state index is 13.9. The smallest absolute Gasteiger partial charge is 0.297 e. The zero-order valence-electron chi connectivity index (χ0n) is 26.9. The summed E-state index contributed by atoms with van der Waals surface area (Å²) in [6, 6.07) is 26.9.